The third kappa shape index (κ3) is 3.30. The Morgan fingerprint density at radius 2 is 2.00 bits per heavy atom. The first-order valence-corrected chi connectivity index (χ1v) is 7.82. The monoisotopic (exact) mass is 286 g/mol. The van der Waals surface area contributed by atoms with Gasteiger partial charge in [0.05, 0.1) is 4.92 Å². The molecule has 0 bridgehead atoms. The Bertz CT molecular complexity index is 581. The Hall–Kier alpha value is -1.47. The van der Waals surface area contributed by atoms with E-state index in [0.29, 0.717) is 12.0 Å². The van der Waals surface area contributed by atoms with Gasteiger partial charge >= 0.3 is 0 Å². The second-order valence-corrected chi connectivity index (χ2v) is 6.58. The van der Waals surface area contributed by atoms with Gasteiger partial charge in [-0.3, -0.25) is 10.1 Å². The Balaban J connectivity index is 3.62. The first-order chi connectivity index (χ1) is 8.70. The molecule has 0 aliphatic rings. The predicted molar refractivity (Wildman–Crippen MR) is 72.9 cm³/mol. The van der Waals surface area contributed by atoms with E-state index in [4.69, 9.17) is 5.73 Å². The minimum atomic E-state index is -3.65. The van der Waals surface area contributed by atoms with Gasteiger partial charge in [0.2, 0.25) is 0 Å². The SMILES string of the molecule is CCC(c1cccc(S(C)(=O)=O)c1[N+](=O)[O-])C(C)N. The highest BCUT2D eigenvalue weighted by atomic mass is 32.2. The van der Waals surface area contributed by atoms with Crippen LogP contribution in [0.1, 0.15) is 31.7 Å². The number of sulfone groups is 1. The zero-order valence-corrected chi connectivity index (χ0v) is 12.0. The van der Waals surface area contributed by atoms with Crippen molar-refractivity contribution in [1.29, 1.82) is 0 Å². The highest BCUT2D eigenvalue weighted by molar-refractivity contribution is 7.90. The van der Waals surface area contributed by atoms with Gasteiger partial charge in [-0.1, -0.05) is 19.1 Å². The molecule has 0 amide bonds. The molecule has 1 rings (SSSR count). The van der Waals surface area contributed by atoms with Crippen molar-refractivity contribution in [3.63, 3.8) is 0 Å². The van der Waals surface area contributed by atoms with Crippen molar-refractivity contribution in [2.45, 2.75) is 37.1 Å². The van der Waals surface area contributed by atoms with E-state index in [-0.39, 0.29) is 22.5 Å². The van der Waals surface area contributed by atoms with Crippen molar-refractivity contribution < 1.29 is 13.3 Å². The van der Waals surface area contributed by atoms with Gasteiger partial charge in [0.1, 0.15) is 4.90 Å². The molecule has 0 aromatic heterocycles. The summed E-state index contributed by atoms with van der Waals surface area (Å²) in [7, 11) is -3.65. The number of nitro groups is 1. The van der Waals surface area contributed by atoms with E-state index in [9.17, 15) is 18.5 Å². The van der Waals surface area contributed by atoms with Gasteiger partial charge in [-0.15, -0.1) is 0 Å². The number of nitro benzene ring substituents is 1. The van der Waals surface area contributed by atoms with Crippen LogP contribution < -0.4 is 5.73 Å². The van der Waals surface area contributed by atoms with Crippen LogP contribution in [0.3, 0.4) is 0 Å². The molecule has 0 heterocycles. The molecule has 1 aromatic rings. The van der Waals surface area contributed by atoms with Gasteiger partial charge in [0, 0.05) is 23.8 Å². The summed E-state index contributed by atoms with van der Waals surface area (Å²) < 4.78 is 23.3. The minimum absolute atomic E-state index is 0.248. The van der Waals surface area contributed by atoms with Gasteiger partial charge in [-0.05, 0) is 19.4 Å². The molecule has 0 radical (unpaired) electrons. The number of nitrogens with two attached hydrogens (primary N) is 1. The smallest absolute Gasteiger partial charge is 0.291 e. The summed E-state index contributed by atoms with van der Waals surface area (Å²) in [5.74, 6) is -0.248. The highest BCUT2D eigenvalue weighted by Gasteiger charge is 2.30. The van der Waals surface area contributed by atoms with Crippen LogP contribution in [0, 0.1) is 10.1 Å². The van der Waals surface area contributed by atoms with Crippen molar-refractivity contribution in [3.8, 4) is 0 Å². The number of hydrogen-bond acceptors (Lipinski definition) is 5. The molecular formula is C12H18N2O4S. The second-order valence-electron chi connectivity index (χ2n) is 4.60. The molecule has 19 heavy (non-hydrogen) atoms. The molecule has 0 spiro atoms. The molecule has 0 saturated heterocycles. The van der Waals surface area contributed by atoms with Crippen LogP contribution in [0.2, 0.25) is 0 Å². The van der Waals surface area contributed by atoms with Crippen molar-refractivity contribution in [2.75, 3.05) is 6.26 Å². The van der Waals surface area contributed by atoms with Gasteiger partial charge in [-0.25, -0.2) is 8.42 Å². The third-order valence-corrected chi connectivity index (χ3v) is 4.21. The van der Waals surface area contributed by atoms with E-state index in [1.807, 2.05) is 6.92 Å². The van der Waals surface area contributed by atoms with Crippen molar-refractivity contribution >= 4 is 15.5 Å². The first-order valence-electron chi connectivity index (χ1n) is 5.93. The fourth-order valence-corrected chi connectivity index (χ4v) is 3.08. The van der Waals surface area contributed by atoms with Crippen LogP contribution in [0.4, 0.5) is 5.69 Å². The highest BCUT2D eigenvalue weighted by Crippen LogP contribution is 2.35. The first kappa shape index (κ1) is 15.6. The molecule has 7 heteroatoms. The Morgan fingerprint density at radius 3 is 2.37 bits per heavy atom. The van der Waals surface area contributed by atoms with Crippen molar-refractivity contribution in [2.24, 2.45) is 5.73 Å². The molecule has 2 unspecified atom stereocenters. The van der Waals surface area contributed by atoms with Gasteiger partial charge in [0.15, 0.2) is 9.84 Å². The average Bonchev–Trinajstić information content (AvgIpc) is 2.27. The fourth-order valence-electron chi connectivity index (χ4n) is 2.21. The van der Waals surface area contributed by atoms with Crippen molar-refractivity contribution in [1.82, 2.24) is 0 Å². The molecule has 2 atom stereocenters. The van der Waals surface area contributed by atoms with E-state index in [2.05, 4.69) is 0 Å². The molecule has 0 aliphatic heterocycles. The molecule has 0 saturated carbocycles. The zero-order valence-electron chi connectivity index (χ0n) is 11.2. The topological polar surface area (TPSA) is 103 Å². The normalized spacial score (nSPS) is 14.9. The molecule has 1 aromatic carbocycles. The summed E-state index contributed by atoms with van der Waals surface area (Å²) in [5.41, 5.74) is 5.86. The Morgan fingerprint density at radius 1 is 1.42 bits per heavy atom. The average molecular weight is 286 g/mol. The lowest BCUT2D eigenvalue weighted by Gasteiger charge is -2.20. The van der Waals surface area contributed by atoms with Crippen LogP contribution >= 0.6 is 0 Å². The molecular weight excluding hydrogens is 268 g/mol. The largest absolute Gasteiger partial charge is 0.327 e. The molecule has 0 fully saturated rings. The summed E-state index contributed by atoms with van der Waals surface area (Å²) in [4.78, 5) is 10.3. The van der Waals surface area contributed by atoms with Gasteiger partial charge < -0.3 is 5.73 Å². The second kappa shape index (κ2) is 5.66. The minimum Gasteiger partial charge on any atom is -0.327 e. The van der Waals surface area contributed by atoms with E-state index in [0.717, 1.165) is 6.26 Å². The van der Waals surface area contributed by atoms with Crippen LogP contribution in [0.15, 0.2) is 23.1 Å². The maximum Gasteiger partial charge on any atom is 0.291 e. The van der Waals surface area contributed by atoms with E-state index in [1.54, 1.807) is 13.0 Å². The van der Waals surface area contributed by atoms with Crippen LogP contribution in [-0.4, -0.2) is 25.6 Å². The van der Waals surface area contributed by atoms with Crippen LogP contribution in [0.25, 0.3) is 0 Å². The van der Waals surface area contributed by atoms with Crippen LogP contribution in [0.5, 0.6) is 0 Å². The Kier molecular flexibility index (Phi) is 4.65. The lowest BCUT2D eigenvalue weighted by molar-refractivity contribution is -0.388. The van der Waals surface area contributed by atoms with Gasteiger partial charge in [-0.2, -0.15) is 0 Å². The number of hydrogen-bond donors (Lipinski definition) is 1. The van der Waals surface area contributed by atoms with E-state index < -0.39 is 14.8 Å². The third-order valence-electron chi connectivity index (χ3n) is 3.09. The molecule has 2 N–H and O–H groups in total. The molecule has 0 aliphatic carbocycles. The van der Waals surface area contributed by atoms with E-state index in [1.165, 1.54) is 12.1 Å². The number of benzene rings is 1. The fraction of sp³-hybridized carbons (Fsp3) is 0.500. The number of para-hydroxylation sites is 1. The maximum atomic E-state index is 11.7. The summed E-state index contributed by atoms with van der Waals surface area (Å²) in [6.07, 6.45) is 1.57. The lowest BCUT2D eigenvalue weighted by atomic mass is 9.89. The summed E-state index contributed by atoms with van der Waals surface area (Å²) in [6, 6.07) is 4.05. The van der Waals surface area contributed by atoms with Crippen molar-refractivity contribution in [3.05, 3.63) is 33.9 Å². The maximum absolute atomic E-state index is 11.7. The van der Waals surface area contributed by atoms with Crippen LogP contribution in [-0.2, 0) is 9.84 Å². The van der Waals surface area contributed by atoms with Gasteiger partial charge in [0.25, 0.3) is 5.69 Å². The predicted octanol–water partition coefficient (Wildman–Crippen LogP) is 1.84. The Labute approximate surface area is 112 Å². The number of rotatable bonds is 5. The quantitative estimate of drug-likeness (QED) is 0.657. The standard InChI is InChI=1S/C12H18N2O4S/c1-4-9(8(2)13)10-6-5-7-11(19(3,17)18)12(10)14(15)16/h5-9H,4,13H2,1-3H3. The summed E-state index contributed by atoms with van der Waals surface area (Å²) >= 11 is 0. The number of nitrogens with zero attached hydrogens (tertiary/aromatic N) is 1. The lowest BCUT2D eigenvalue weighted by Crippen LogP contribution is -2.25. The summed E-state index contributed by atoms with van der Waals surface area (Å²) in [5, 5.41) is 11.2. The summed E-state index contributed by atoms with van der Waals surface area (Å²) in [6.45, 7) is 3.62. The zero-order chi connectivity index (χ0) is 14.8. The van der Waals surface area contributed by atoms with E-state index >= 15 is 0 Å². The molecule has 106 valence electrons. The molecule has 6 nitrogen and oxygen atoms in total.